The summed E-state index contributed by atoms with van der Waals surface area (Å²) in [5.41, 5.74) is 3.62. The fraction of sp³-hybridized carbons (Fsp3) is 0.484. The summed E-state index contributed by atoms with van der Waals surface area (Å²) in [7, 11) is 10.4. The molecule has 8 rings (SSSR count). The molecule has 2 aliphatic heterocycles. The van der Waals surface area contributed by atoms with E-state index in [0.717, 1.165) is 46.0 Å². The van der Waals surface area contributed by atoms with Crippen LogP contribution in [-0.2, 0) is 61.7 Å². The summed E-state index contributed by atoms with van der Waals surface area (Å²) in [6.07, 6.45) is 3.75. The first kappa shape index (κ1) is 63.4. The standard InChI is InChI=1S/C62H75Cl2F4N9O7/c1-72(2)36-55-69-34-53(74(55)4)42-21-26-48(27-22-42)84-54-32-46(64)25-20-43(54)35-77-52(17-12-28-76-38-61(65,66)62(67,68)39-76)58(80)71-50(37-83-6)60(82)73(3)47(30-41-18-23-45(63)24-19-41)33-56(78)70-49-15-10-11-16-51(49)75(5)59(81)44(31-57(77)79)29-40-13-8-7-9-14-40/h7-9,13-14,18-27,32,34,44,47,49-52H,10-12,15-17,28-31,33,35-39H2,1-6H3,(H,70,78)(H,71,80)/t44-,47+,49+,50+,51+,52+/m1/s1. The maximum atomic E-state index is 15.8. The highest BCUT2D eigenvalue weighted by atomic mass is 35.5. The lowest BCUT2D eigenvalue weighted by molar-refractivity contribution is -0.172. The van der Waals surface area contributed by atoms with Crippen molar-refractivity contribution in [3.8, 4) is 22.8 Å². The number of carbonyl (C=O) groups excluding carboxylic acids is 5. The molecule has 0 spiro atoms. The van der Waals surface area contributed by atoms with E-state index in [-0.39, 0.29) is 74.4 Å². The third-order valence-corrected chi connectivity index (χ3v) is 16.8. The molecule has 16 nitrogen and oxygen atoms in total. The van der Waals surface area contributed by atoms with Gasteiger partial charge in [-0.2, -0.15) is 17.6 Å². The number of alkyl halides is 4. The number of likely N-dealkylation sites (N-methyl/N-ethyl adjacent to an activating group) is 2. The smallest absolute Gasteiger partial charge is 0.323 e. The fourth-order valence-corrected chi connectivity index (χ4v) is 11.9. The fourth-order valence-electron chi connectivity index (χ4n) is 11.6. The number of aromatic nitrogens is 2. The van der Waals surface area contributed by atoms with Crippen LogP contribution in [0.4, 0.5) is 17.6 Å². The number of methoxy groups -OCH3 is 1. The quantitative estimate of drug-likeness (QED) is 0.0860. The third-order valence-electron chi connectivity index (χ3n) is 16.3. The average molecular weight is 1210 g/mol. The highest BCUT2D eigenvalue weighted by molar-refractivity contribution is 6.31. The maximum absolute atomic E-state index is 15.8. The Labute approximate surface area is 498 Å². The number of nitrogens with one attached hydrogen (secondary N) is 2. The molecule has 0 bridgehead atoms. The van der Waals surface area contributed by atoms with Crippen molar-refractivity contribution in [3.05, 3.63) is 136 Å². The summed E-state index contributed by atoms with van der Waals surface area (Å²) >= 11 is 12.9. The number of fused-ring (bicyclic) bond motifs is 1. The summed E-state index contributed by atoms with van der Waals surface area (Å²) in [6.45, 7) is -2.84. The largest absolute Gasteiger partial charge is 0.457 e. The number of ether oxygens (including phenoxy) is 2. The van der Waals surface area contributed by atoms with Gasteiger partial charge in [0.1, 0.15) is 29.4 Å². The van der Waals surface area contributed by atoms with Gasteiger partial charge in [0.15, 0.2) is 0 Å². The number of amides is 5. The molecule has 2 saturated heterocycles. The predicted molar refractivity (Wildman–Crippen MR) is 313 cm³/mol. The summed E-state index contributed by atoms with van der Waals surface area (Å²) in [5, 5.41) is 6.82. The van der Waals surface area contributed by atoms with Crippen molar-refractivity contribution < 1.29 is 51.0 Å². The second kappa shape index (κ2) is 28.1. The van der Waals surface area contributed by atoms with Gasteiger partial charge in [-0.25, -0.2) is 4.98 Å². The number of benzene rings is 4. The lowest BCUT2D eigenvalue weighted by Crippen LogP contribution is -2.59. The van der Waals surface area contributed by atoms with Gasteiger partial charge < -0.3 is 44.3 Å². The van der Waals surface area contributed by atoms with Crippen LogP contribution < -0.4 is 15.4 Å². The van der Waals surface area contributed by atoms with Crippen LogP contribution in [0.25, 0.3) is 11.3 Å². The van der Waals surface area contributed by atoms with E-state index in [4.69, 9.17) is 32.7 Å². The molecule has 6 atom stereocenters. The topological polar surface area (TPSA) is 162 Å². The molecule has 2 N–H and O–H groups in total. The lowest BCUT2D eigenvalue weighted by Gasteiger charge is -2.40. The Balaban J connectivity index is 1.22. The molecule has 3 fully saturated rings. The number of hydrogen-bond acceptors (Lipinski definition) is 10. The van der Waals surface area contributed by atoms with Gasteiger partial charge in [0.05, 0.1) is 56.6 Å². The molecular formula is C62H75Cl2F4N9O7. The first-order valence-electron chi connectivity index (χ1n) is 28.4. The zero-order valence-corrected chi connectivity index (χ0v) is 49.9. The minimum Gasteiger partial charge on any atom is -0.457 e. The van der Waals surface area contributed by atoms with Gasteiger partial charge in [-0.3, -0.25) is 28.9 Å². The van der Waals surface area contributed by atoms with Crippen molar-refractivity contribution in [2.75, 3.05) is 61.5 Å². The molecular weight excluding hydrogens is 1130 g/mol. The van der Waals surface area contributed by atoms with Crippen molar-refractivity contribution in [3.63, 3.8) is 0 Å². The molecule has 4 aromatic carbocycles. The number of nitrogens with zero attached hydrogens (tertiary/aromatic N) is 7. The zero-order chi connectivity index (χ0) is 60.5. The number of likely N-dealkylation sites (tertiary alicyclic amines) is 1. The van der Waals surface area contributed by atoms with E-state index in [1.165, 1.54) is 24.0 Å². The van der Waals surface area contributed by atoms with Gasteiger partial charge in [0.25, 0.3) is 0 Å². The minimum atomic E-state index is -4.30. The van der Waals surface area contributed by atoms with Gasteiger partial charge in [0.2, 0.25) is 29.5 Å². The van der Waals surface area contributed by atoms with Crippen molar-refractivity contribution in [1.29, 1.82) is 0 Å². The zero-order valence-electron chi connectivity index (χ0n) is 48.3. The van der Waals surface area contributed by atoms with Gasteiger partial charge in [-0.1, -0.05) is 84.6 Å². The second-order valence-electron chi connectivity index (χ2n) is 22.8. The SMILES string of the molecule is COC[C@@H]1NC(=O)[C@H](CCCN2CC(F)(F)C(F)(F)C2)N(Cc2ccc(Cl)cc2Oc2ccc(-c3cnc(CN(C)C)n3C)cc2)C(=O)C[C@@H](Cc2ccccc2)C(=O)N(C)[C@H]2CCCC[C@@H]2NC(=O)C[C@H](Cc2ccc(Cl)cc2)N(C)C1=O. The number of imidazole rings is 1. The van der Waals surface area contributed by atoms with Crippen molar-refractivity contribution in [2.45, 2.75) is 119 Å². The number of halogens is 6. The predicted octanol–water partition coefficient (Wildman–Crippen LogP) is 9.05. The van der Waals surface area contributed by atoms with Gasteiger partial charge in [0, 0.05) is 74.4 Å². The van der Waals surface area contributed by atoms with Crippen LogP contribution in [0.3, 0.4) is 0 Å². The van der Waals surface area contributed by atoms with Crippen LogP contribution >= 0.6 is 23.2 Å². The number of rotatable bonds is 17. The Morgan fingerprint density at radius 1 is 0.762 bits per heavy atom. The van der Waals surface area contributed by atoms with Crippen molar-refractivity contribution in [2.24, 2.45) is 13.0 Å². The highest BCUT2D eigenvalue weighted by Gasteiger charge is 2.62. The molecule has 5 aromatic rings. The number of hydrogen-bond donors (Lipinski definition) is 2. The Kier molecular flexibility index (Phi) is 21.2. The molecule has 84 heavy (non-hydrogen) atoms. The van der Waals surface area contributed by atoms with Gasteiger partial charge >= 0.3 is 11.8 Å². The van der Waals surface area contributed by atoms with E-state index < -0.39 is 85.2 Å². The van der Waals surface area contributed by atoms with Crippen LogP contribution in [-0.4, -0.2) is 167 Å². The lowest BCUT2D eigenvalue weighted by atomic mass is 9.87. The highest BCUT2D eigenvalue weighted by Crippen LogP contribution is 2.41. The molecule has 0 radical (unpaired) electrons. The Bertz CT molecular complexity index is 3070. The minimum absolute atomic E-state index is 0.103. The van der Waals surface area contributed by atoms with E-state index in [9.17, 15) is 27.2 Å². The number of carbonyl (C=O) groups is 5. The van der Waals surface area contributed by atoms with Crippen LogP contribution in [0.1, 0.15) is 73.9 Å². The first-order chi connectivity index (χ1) is 40.0. The molecule has 22 heteroatoms. The van der Waals surface area contributed by atoms with Gasteiger partial charge in [-0.05, 0) is 119 Å². The molecule has 1 aliphatic carbocycles. The molecule has 452 valence electrons. The van der Waals surface area contributed by atoms with Crippen LogP contribution in [0.15, 0.2) is 103 Å². The van der Waals surface area contributed by atoms with Crippen LogP contribution in [0.2, 0.25) is 10.0 Å². The third kappa shape index (κ3) is 15.8. The maximum Gasteiger partial charge on any atom is 0.323 e. The summed E-state index contributed by atoms with van der Waals surface area (Å²) in [5.74, 6) is -11.1. The Morgan fingerprint density at radius 3 is 2.11 bits per heavy atom. The Morgan fingerprint density at radius 2 is 1.43 bits per heavy atom. The molecule has 5 amide bonds. The van der Waals surface area contributed by atoms with Gasteiger partial charge in [-0.15, -0.1) is 0 Å². The van der Waals surface area contributed by atoms with Crippen molar-refractivity contribution in [1.82, 2.24) is 44.7 Å². The van der Waals surface area contributed by atoms with E-state index in [0.29, 0.717) is 35.7 Å². The summed E-state index contributed by atoms with van der Waals surface area (Å²) in [6, 6.07) is 23.6. The van der Waals surface area contributed by atoms with Crippen LogP contribution in [0, 0.1) is 5.92 Å². The first-order valence-corrected chi connectivity index (χ1v) is 29.2. The molecule has 1 saturated carbocycles. The molecule has 3 heterocycles. The Hall–Kier alpha value is -6.58. The normalized spacial score (nSPS) is 23.1. The van der Waals surface area contributed by atoms with Crippen LogP contribution in [0.5, 0.6) is 11.5 Å². The second-order valence-corrected chi connectivity index (χ2v) is 23.6. The van der Waals surface area contributed by atoms with E-state index in [1.807, 2.05) is 73.1 Å². The average Bonchev–Trinajstić information content (AvgIpc) is 2.59. The summed E-state index contributed by atoms with van der Waals surface area (Å²) in [4.78, 5) is 87.8. The molecule has 0 unspecified atom stereocenters. The summed E-state index contributed by atoms with van der Waals surface area (Å²) < 4.78 is 72.7. The molecule has 1 aromatic heterocycles. The molecule has 3 aliphatic rings. The van der Waals surface area contributed by atoms with E-state index in [2.05, 4.69) is 15.6 Å². The van der Waals surface area contributed by atoms with Crippen molar-refractivity contribution >= 4 is 52.7 Å². The van der Waals surface area contributed by atoms with E-state index in [1.54, 1.807) is 72.7 Å². The van der Waals surface area contributed by atoms with E-state index >= 15 is 14.4 Å². The monoisotopic (exact) mass is 1200 g/mol.